The number of amides is 1. The third-order valence-electron chi connectivity index (χ3n) is 3.62. The normalized spacial score (nSPS) is 10.2. The van der Waals surface area contributed by atoms with Crippen LogP contribution in [-0.2, 0) is 19.1 Å². The van der Waals surface area contributed by atoms with Crippen LogP contribution in [0.5, 0.6) is 5.75 Å². The van der Waals surface area contributed by atoms with Crippen LogP contribution in [0.3, 0.4) is 0 Å². The van der Waals surface area contributed by atoms with E-state index < -0.39 is 11.9 Å². The van der Waals surface area contributed by atoms with Gasteiger partial charge in [-0.3, -0.25) is 9.59 Å². The minimum Gasteiger partial charge on any atom is -0.491 e. The molecule has 7 heteroatoms. The molecule has 1 amide bonds. The van der Waals surface area contributed by atoms with Crippen LogP contribution < -0.4 is 10.1 Å². The van der Waals surface area contributed by atoms with Gasteiger partial charge in [0.1, 0.15) is 12.4 Å². The van der Waals surface area contributed by atoms with Crippen molar-refractivity contribution in [3.63, 3.8) is 0 Å². The van der Waals surface area contributed by atoms with Gasteiger partial charge in [-0.25, -0.2) is 4.79 Å². The number of rotatable bonds is 11. The number of hydrogen-bond acceptors (Lipinski definition) is 5. The van der Waals surface area contributed by atoms with Crippen molar-refractivity contribution in [3.05, 3.63) is 48.5 Å². The second-order valence-corrected chi connectivity index (χ2v) is 5.69. The van der Waals surface area contributed by atoms with Gasteiger partial charge in [0.15, 0.2) is 0 Å². The average Bonchev–Trinajstić information content (AvgIpc) is 2.68. The van der Waals surface area contributed by atoms with Crippen LogP contribution in [0.2, 0.25) is 0 Å². The maximum absolute atomic E-state index is 11.4. The lowest BCUT2D eigenvalue weighted by atomic mass is 10.0. The van der Waals surface area contributed by atoms with Gasteiger partial charge >= 0.3 is 5.97 Å². The predicted octanol–water partition coefficient (Wildman–Crippen LogP) is 2.75. The van der Waals surface area contributed by atoms with E-state index in [0.717, 1.165) is 11.1 Å². The summed E-state index contributed by atoms with van der Waals surface area (Å²) in [7, 11) is 0. The molecule has 142 valence electrons. The number of benzene rings is 2. The fourth-order valence-electron chi connectivity index (χ4n) is 2.37. The number of nitrogens with one attached hydrogen (secondary N) is 1. The van der Waals surface area contributed by atoms with Gasteiger partial charge < -0.3 is 19.9 Å². The van der Waals surface area contributed by atoms with Gasteiger partial charge in [0.2, 0.25) is 6.29 Å². The Balaban J connectivity index is 2.00. The van der Waals surface area contributed by atoms with E-state index in [1.54, 1.807) is 12.1 Å². The highest BCUT2D eigenvalue weighted by Gasteiger charge is 2.10. The second-order valence-electron chi connectivity index (χ2n) is 5.69. The van der Waals surface area contributed by atoms with Crippen molar-refractivity contribution < 1.29 is 29.0 Å². The van der Waals surface area contributed by atoms with E-state index >= 15 is 0 Å². The summed E-state index contributed by atoms with van der Waals surface area (Å²) in [4.78, 5) is 32.4. The van der Waals surface area contributed by atoms with Gasteiger partial charge in [0, 0.05) is 6.61 Å². The number of unbranched alkanes of at least 4 members (excludes halogenated alkanes) is 1. The lowest BCUT2D eigenvalue weighted by molar-refractivity contribution is -0.142. The summed E-state index contributed by atoms with van der Waals surface area (Å²) in [6.07, 6.45) is 1.49. The number of carbonyl (C=O) groups excluding carboxylic acids is 2. The van der Waals surface area contributed by atoms with Gasteiger partial charge in [0.05, 0.1) is 12.3 Å². The Bertz CT molecular complexity index is 775. The Labute approximate surface area is 156 Å². The first-order valence-corrected chi connectivity index (χ1v) is 8.48. The molecular weight excluding hydrogens is 350 g/mol. The molecule has 0 radical (unpaired) electrons. The predicted molar refractivity (Wildman–Crippen MR) is 99.8 cm³/mol. The summed E-state index contributed by atoms with van der Waals surface area (Å²) in [6, 6.07) is 15.0. The summed E-state index contributed by atoms with van der Waals surface area (Å²) in [6.45, 7) is 0.370. The lowest BCUT2D eigenvalue weighted by Crippen LogP contribution is -2.13. The fourth-order valence-corrected chi connectivity index (χ4v) is 2.37. The first-order valence-electron chi connectivity index (χ1n) is 8.48. The SMILES string of the molecule is O=CC(=O)Nc1ccc(-c2ccccc2)cc1OCCCCOCC(=O)O. The zero-order chi connectivity index (χ0) is 19.5. The van der Waals surface area contributed by atoms with E-state index in [-0.39, 0.29) is 12.9 Å². The third-order valence-corrected chi connectivity index (χ3v) is 3.62. The number of anilines is 1. The quantitative estimate of drug-likeness (QED) is 0.358. The standard InChI is InChI=1S/C20H21NO6/c22-13-19(23)21-17-9-8-16(15-6-2-1-3-7-15)12-18(17)27-11-5-4-10-26-14-20(24)25/h1-3,6-9,12-13H,4-5,10-11,14H2,(H,21,23)(H,24,25). The van der Waals surface area contributed by atoms with Crippen LogP contribution >= 0.6 is 0 Å². The van der Waals surface area contributed by atoms with E-state index in [1.165, 1.54) is 0 Å². The molecule has 2 aromatic carbocycles. The maximum atomic E-state index is 11.4. The summed E-state index contributed by atoms with van der Waals surface area (Å²) in [5.41, 5.74) is 2.33. The largest absolute Gasteiger partial charge is 0.491 e. The summed E-state index contributed by atoms with van der Waals surface area (Å²) < 4.78 is 10.7. The third kappa shape index (κ3) is 6.91. The number of aliphatic carboxylic acids is 1. The molecule has 2 aromatic rings. The molecule has 0 atom stereocenters. The van der Waals surface area contributed by atoms with E-state index in [4.69, 9.17) is 14.6 Å². The number of carbonyl (C=O) groups is 3. The van der Waals surface area contributed by atoms with Crippen LogP contribution in [0, 0.1) is 0 Å². The topological polar surface area (TPSA) is 102 Å². The highest BCUT2D eigenvalue weighted by atomic mass is 16.5. The van der Waals surface area contributed by atoms with E-state index in [9.17, 15) is 14.4 Å². The van der Waals surface area contributed by atoms with E-state index in [1.807, 2.05) is 36.4 Å². The van der Waals surface area contributed by atoms with Crippen molar-refractivity contribution in [1.29, 1.82) is 0 Å². The molecule has 0 spiro atoms. The first kappa shape index (κ1) is 20.1. The highest BCUT2D eigenvalue weighted by molar-refractivity contribution is 6.29. The van der Waals surface area contributed by atoms with Crippen molar-refractivity contribution >= 4 is 23.9 Å². The zero-order valence-corrected chi connectivity index (χ0v) is 14.7. The van der Waals surface area contributed by atoms with Crippen molar-refractivity contribution in [2.75, 3.05) is 25.1 Å². The smallest absolute Gasteiger partial charge is 0.329 e. The van der Waals surface area contributed by atoms with Crippen molar-refractivity contribution in [3.8, 4) is 16.9 Å². The minimum absolute atomic E-state index is 0.203. The molecule has 0 saturated heterocycles. The monoisotopic (exact) mass is 371 g/mol. The number of ether oxygens (including phenoxy) is 2. The van der Waals surface area contributed by atoms with Crippen LogP contribution in [0.15, 0.2) is 48.5 Å². The number of carboxylic acid groups (broad SMARTS) is 1. The summed E-state index contributed by atoms with van der Waals surface area (Å²) >= 11 is 0. The zero-order valence-electron chi connectivity index (χ0n) is 14.7. The second kappa shape index (κ2) is 10.7. The molecule has 0 heterocycles. The Kier molecular flexibility index (Phi) is 7.99. The molecule has 0 aliphatic rings. The highest BCUT2D eigenvalue weighted by Crippen LogP contribution is 2.31. The maximum Gasteiger partial charge on any atom is 0.329 e. The molecule has 27 heavy (non-hydrogen) atoms. The van der Waals surface area contributed by atoms with Crippen LogP contribution in [0.4, 0.5) is 5.69 Å². The van der Waals surface area contributed by atoms with Gasteiger partial charge in [-0.2, -0.15) is 0 Å². The number of carboxylic acids is 1. The van der Waals surface area contributed by atoms with Crippen molar-refractivity contribution in [2.24, 2.45) is 0 Å². The average molecular weight is 371 g/mol. The van der Waals surface area contributed by atoms with Crippen LogP contribution in [0.25, 0.3) is 11.1 Å². The molecule has 7 nitrogen and oxygen atoms in total. The number of aldehydes is 1. The Morgan fingerprint density at radius 1 is 1.00 bits per heavy atom. The van der Waals surface area contributed by atoms with E-state index in [0.29, 0.717) is 37.5 Å². The molecule has 0 saturated carbocycles. The molecule has 0 unspecified atom stereocenters. The molecule has 0 aliphatic heterocycles. The number of hydrogen-bond donors (Lipinski definition) is 2. The van der Waals surface area contributed by atoms with Gasteiger partial charge in [-0.1, -0.05) is 36.4 Å². The molecule has 0 aliphatic carbocycles. The van der Waals surface area contributed by atoms with Crippen LogP contribution in [-0.4, -0.2) is 43.1 Å². The summed E-state index contributed by atoms with van der Waals surface area (Å²) in [5.74, 6) is -1.30. The first-order chi connectivity index (χ1) is 13.1. The van der Waals surface area contributed by atoms with Crippen molar-refractivity contribution in [1.82, 2.24) is 0 Å². The Hall–Kier alpha value is -3.19. The Morgan fingerprint density at radius 2 is 1.74 bits per heavy atom. The van der Waals surface area contributed by atoms with Gasteiger partial charge in [-0.05, 0) is 36.1 Å². The van der Waals surface area contributed by atoms with Gasteiger partial charge in [-0.15, -0.1) is 0 Å². The molecule has 0 bridgehead atoms. The van der Waals surface area contributed by atoms with Crippen LogP contribution in [0.1, 0.15) is 12.8 Å². The fraction of sp³-hybridized carbons (Fsp3) is 0.250. The summed E-state index contributed by atoms with van der Waals surface area (Å²) in [5, 5.41) is 11.0. The van der Waals surface area contributed by atoms with Crippen molar-refractivity contribution in [2.45, 2.75) is 12.8 Å². The minimum atomic E-state index is -1.00. The molecular formula is C20H21NO6. The molecule has 2 rings (SSSR count). The molecule has 0 fully saturated rings. The Morgan fingerprint density at radius 3 is 2.44 bits per heavy atom. The molecule has 2 N–H and O–H groups in total. The lowest BCUT2D eigenvalue weighted by Gasteiger charge is -2.13. The van der Waals surface area contributed by atoms with E-state index in [2.05, 4.69) is 5.32 Å². The van der Waals surface area contributed by atoms with Gasteiger partial charge in [0.25, 0.3) is 5.91 Å². The molecule has 0 aromatic heterocycles.